The molecule has 4 heteroatoms. The summed E-state index contributed by atoms with van der Waals surface area (Å²) in [6.07, 6.45) is 1.96. The molecule has 0 amide bonds. The molecule has 0 atom stereocenters. The van der Waals surface area contributed by atoms with E-state index in [2.05, 4.69) is 0 Å². The molecule has 88 valence electrons. The summed E-state index contributed by atoms with van der Waals surface area (Å²) in [6.45, 7) is 2.85. The molecule has 0 aliphatic carbocycles. The molecule has 0 saturated carbocycles. The van der Waals surface area contributed by atoms with Gasteiger partial charge in [0.25, 0.3) is 0 Å². The van der Waals surface area contributed by atoms with Crippen LogP contribution in [0.25, 0.3) is 0 Å². The molecule has 1 aromatic rings. The zero-order valence-corrected chi connectivity index (χ0v) is 9.20. The molecule has 3 nitrogen and oxygen atoms in total. The maximum absolute atomic E-state index is 12.8. The van der Waals surface area contributed by atoms with Crippen molar-refractivity contribution < 1.29 is 19.0 Å². The monoisotopic (exact) mass is 226 g/mol. The first-order chi connectivity index (χ1) is 7.65. The maximum atomic E-state index is 12.8. The number of halogens is 1. The van der Waals surface area contributed by atoms with Gasteiger partial charge in [0.15, 0.2) is 0 Å². The first-order valence-electron chi connectivity index (χ1n) is 5.24. The van der Waals surface area contributed by atoms with E-state index < -0.39 is 11.8 Å². The Morgan fingerprint density at radius 2 is 2.25 bits per heavy atom. The van der Waals surface area contributed by atoms with E-state index >= 15 is 0 Å². The van der Waals surface area contributed by atoms with E-state index in [-0.39, 0.29) is 12.2 Å². The van der Waals surface area contributed by atoms with Crippen molar-refractivity contribution in [3.05, 3.63) is 35.1 Å². The smallest absolute Gasteiger partial charge is 0.336 e. The van der Waals surface area contributed by atoms with E-state index in [0.29, 0.717) is 12.2 Å². The number of carbonyl (C=O) groups is 1. The van der Waals surface area contributed by atoms with Crippen LogP contribution < -0.4 is 0 Å². The van der Waals surface area contributed by atoms with Gasteiger partial charge in [0.1, 0.15) is 5.82 Å². The standard InChI is InChI=1S/C12H15FO3/c1-2-3-6-16-8-9-4-5-10(13)7-11(9)12(14)15/h4-5,7H,2-3,6,8H2,1H3,(H,14,15). The first kappa shape index (κ1) is 12.6. The van der Waals surface area contributed by atoms with Gasteiger partial charge in [-0.15, -0.1) is 0 Å². The van der Waals surface area contributed by atoms with E-state index in [1.165, 1.54) is 12.1 Å². The minimum Gasteiger partial charge on any atom is -0.478 e. The number of hydrogen-bond donors (Lipinski definition) is 1. The van der Waals surface area contributed by atoms with Crippen molar-refractivity contribution in [2.75, 3.05) is 6.61 Å². The van der Waals surface area contributed by atoms with Crippen molar-refractivity contribution in [3.63, 3.8) is 0 Å². The normalized spacial score (nSPS) is 10.4. The molecular formula is C12H15FO3. The van der Waals surface area contributed by atoms with Crippen molar-refractivity contribution in [1.82, 2.24) is 0 Å². The Kier molecular flexibility index (Phi) is 4.92. The predicted octanol–water partition coefficient (Wildman–Crippen LogP) is 2.84. The summed E-state index contributed by atoms with van der Waals surface area (Å²) in [6, 6.07) is 3.70. The lowest BCUT2D eigenvalue weighted by atomic mass is 10.1. The van der Waals surface area contributed by atoms with Gasteiger partial charge in [-0.2, -0.15) is 0 Å². The Morgan fingerprint density at radius 3 is 2.88 bits per heavy atom. The lowest BCUT2D eigenvalue weighted by molar-refractivity contribution is 0.0686. The molecule has 0 aromatic heterocycles. The van der Waals surface area contributed by atoms with Gasteiger partial charge in [0.2, 0.25) is 0 Å². The quantitative estimate of drug-likeness (QED) is 0.759. The van der Waals surface area contributed by atoms with Crippen LogP contribution in [0.1, 0.15) is 35.7 Å². The zero-order chi connectivity index (χ0) is 12.0. The number of carboxylic acids is 1. The van der Waals surface area contributed by atoms with Crippen LogP contribution in [-0.2, 0) is 11.3 Å². The zero-order valence-electron chi connectivity index (χ0n) is 9.20. The summed E-state index contributed by atoms with van der Waals surface area (Å²) in [4.78, 5) is 10.8. The molecule has 0 aliphatic heterocycles. The largest absolute Gasteiger partial charge is 0.478 e. The highest BCUT2D eigenvalue weighted by Crippen LogP contribution is 2.13. The highest BCUT2D eigenvalue weighted by molar-refractivity contribution is 5.89. The van der Waals surface area contributed by atoms with Crippen LogP contribution >= 0.6 is 0 Å². The van der Waals surface area contributed by atoms with Gasteiger partial charge < -0.3 is 9.84 Å². The second-order valence-corrected chi connectivity index (χ2v) is 3.51. The number of ether oxygens (including phenoxy) is 1. The molecule has 1 N–H and O–H groups in total. The summed E-state index contributed by atoms with van der Waals surface area (Å²) in [5.41, 5.74) is 0.474. The molecule has 16 heavy (non-hydrogen) atoms. The highest BCUT2D eigenvalue weighted by Gasteiger charge is 2.10. The van der Waals surface area contributed by atoms with Gasteiger partial charge >= 0.3 is 5.97 Å². The molecule has 0 unspecified atom stereocenters. The average molecular weight is 226 g/mol. The SMILES string of the molecule is CCCCOCc1ccc(F)cc1C(=O)O. The third-order valence-corrected chi connectivity index (χ3v) is 2.20. The van der Waals surface area contributed by atoms with Gasteiger partial charge in [-0.3, -0.25) is 0 Å². The summed E-state index contributed by atoms with van der Waals surface area (Å²) >= 11 is 0. The van der Waals surface area contributed by atoms with Crippen LogP contribution in [0.15, 0.2) is 18.2 Å². The third-order valence-electron chi connectivity index (χ3n) is 2.20. The average Bonchev–Trinajstić information content (AvgIpc) is 2.26. The molecule has 0 aliphatic rings. The van der Waals surface area contributed by atoms with Gasteiger partial charge in [-0.25, -0.2) is 9.18 Å². The number of aromatic carboxylic acids is 1. The topological polar surface area (TPSA) is 46.5 Å². The van der Waals surface area contributed by atoms with E-state index in [1.54, 1.807) is 0 Å². The molecular weight excluding hydrogens is 211 g/mol. The minimum absolute atomic E-state index is 0.0310. The fourth-order valence-corrected chi connectivity index (χ4v) is 1.30. The van der Waals surface area contributed by atoms with Crippen molar-refractivity contribution in [2.24, 2.45) is 0 Å². The van der Waals surface area contributed by atoms with Gasteiger partial charge in [-0.1, -0.05) is 19.4 Å². The number of rotatable bonds is 6. The second-order valence-electron chi connectivity index (χ2n) is 3.51. The van der Waals surface area contributed by atoms with E-state index in [1.807, 2.05) is 6.92 Å². The predicted molar refractivity (Wildman–Crippen MR) is 57.9 cm³/mol. The first-order valence-corrected chi connectivity index (χ1v) is 5.24. The summed E-state index contributed by atoms with van der Waals surface area (Å²) in [5.74, 6) is -1.68. The fraction of sp³-hybridized carbons (Fsp3) is 0.417. The number of unbranched alkanes of at least 4 members (excludes halogenated alkanes) is 1. The van der Waals surface area contributed by atoms with E-state index in [0.717, 1.165) is 18.9 Å². The van der Waals surface area contributed by atoms with Crippen LogP contribution in [-0.4, -0.2) is 17.7 Å². The Bertz CT molecular complexity index is 363. The Balaban J connectivity index is 2.67. The lowest BCUT2D eigenvalue weighted by Crippen LogP contribution is -2.05. The maximum Gasteiger partial charge on any atom is 0.336 e. The summed E-state index contributed by atoms with van der Waals surface area (Å²) in [5, 5.41) is 8.87. The molecule has 0 bridgehead atoms. The van der Waals surface area contributed by atoms with Crippen LogP contribution in [0, 0.1) is 5.82 Å². The van der Waals surface area contributed by atoms with Crippen molar-refractivity contribution in [2.45, 2.75) is 26.4 Å². The molecule has 0 spiro atoms. The van der Waals surface area contributed by atoms with Gasteiger partial charge in [0.05, 0.1) is 12.2 Å². The minimum atomic E-state index is -1.13. The van der Waals surface area contributed by atoms with Gasteiger partial charge in [-0.05, 0) is 24.1 Å². The van der Waals surface area contributed by atoms with Crippen LogP contribution in [0.2, 0.25) is 0 Å². The molecule has 1 rings (SSSR count). The van der Waals surface area contributed by atoms with Crippen molar-refractivity contribution in [1.29, 1.82) is 0 Å². The molecule has 0 radical (unpaired) electrons. The molecule has 0 saturated heterocycles. The highest BCUT2D eigenvalue weighted by atomic mass is 19.1. The molecule has 0 heterocycles. The van der Waals surface area contributed by atoms with Gasteiger partial charge in [0, 0.05) is 6.61 Å². The lowest BCUT2D eigenvalue weighted by Gasteiger charge is -2.07. The van der Waals surface area contributed by atoms with E-state index in [9.17, 15) is 9.18 Å². The summed E-state index contributed by atoms with van der Waals surface area (Å²) < 4.78 is 18.2. The Labute approximate surface area is 93.9 Å². The Hall–Kier alpha value is -1.42. The second kappa shape index (κ2) is 6.23. The van der Waals surface area contributed by atoms with Crippen molar-refractivity contribution >= 4 is 5.97 Å². The number of hydrogen-bond acceptors (Lipinski definition) is 2. The van der Waals surface area contributed by atoms with E-state index in [4.69, 9.17) is 9.84 Å². The molecule has 0 fully saturated rings. The fourth-order valence-electron chi connectivity index (χ4n) is 1.30. The summed E-state index contributed by atoms with van der Waals surface area (Å²) in [7, 11) is 0. The van der Waals surface area contributed by atoms with Crippen LogP contribution in [0.3, 0.4) is 0 Å². The number of carboxylic acid groups (broad SMARTS) is 1. The molecule has 1 aromatic carbocycles. The third kappa shape index (κ3) is 3.62. The Morgan fingerprint density at radius 1 is 1.50 bits per heavy atom. The number of benzene rings is 1. The van der Waals surface area contributed by atoms with Crippen LogP contribution in [0.5, 0.6) is 0 Å². The van der Waals surface area contributed by atoms with Crippen molar-refractivity contribution in [3.8, 4) is 0 Å². The van der Waals surface area contributed by atoms with Crippen LogP contribution in [0.4, 0.5) is 4.39 Å².